The van der Waals surface area contributed by atoms with Crippen molar-refractivity contribution in [3.63, 3.8) is 0 Å². The van der Waals surface area contributed by atoms with Crippen LogP contribution in [0, 0.1) is 5.92 Å². The Morgan fingerprint density at radius 3 is 2.33 bits per heavy atom. The lowest BCUT2D eigenvalue weighted by molar-refractivity contribution is 0.0795. The molecule has 0 heterocycles. The molecular weight excluding hydrogens is 180 g/mol. The second kappa shape index (κ2) is 3.32. The zero-order valence-electron chi connectivity index (χ0n) is 6.97. The molecule has 72 valence electrons. The molecule has 5 heteroatoms. The van der Waals surface area contributed by atoms with Crippen LogP contribution >= 0.6 is 0 Å². The van der Waals surface area contributed by atoms with Crippen LogP contribution in [0.1, 0.15) is 26.2 Å². The Morgan fingerprint density at radius 2 is 1.92 bits per heavy atom. The molecule has 0 aromatic rings. The normalized spacial score (nSPS) is 38.1. The van der Waals surface area contributed by atoms with Crippen molar-refractivity contribution in [2.45, 2.75) is 37.5 Å². The summed E-state index contributed by atoms with van der Waals surface area (Å²) in [6.07, 6.45) is 0.688. The molecule has 1 fully saturated rings. The summed E-state index contributed by atoms with van der Waals surface area (Å²) in [7, 11) is -3.94. The average Bonchev–Trinajstić information content (AvgIpc) is 1.92. The van der Waals surface area contributed by atoms with E-state index in [1.807, 2.05) is 6.92 Å². The van der Waals surface area contributed by atoms with E-state index in [0.29, 0.717) is 12.8 Å². The van der Waals surface area contributed by atoms with Crippen molar-refractivity contribution in [3.8, 4) is 0 Å². The predicted octanol–water partition coefficient (Wildman–Crippen LogP) is 0.424. The van der Waals surface area contributed by atoms with Crippen molar-refractivity contribution < 1.29 is 18.1 Å². The van der Waals surface area contributed by atoms with E-state index in [2.05, 4.69) is 0 Å². The molecule has 0 spiro atoms. The molecule has 1 aliphatic rings. The highest BCUT2D eigenvalue weighted by Gasteiger charge is 2.33. The standard InChI is InChI=1S/C7H14O4S/c1-5-2-3-6(4-7(5)8)12(9,10)11/h5-8H,2-4H2,1H3,(H,9,10,11). The van der Waals surface area contributed by atoms with Crippen molar-refractivity contribution in [2.24, 2.45) is 5.92 Å². The summed E-state index contributed by atoms with van der Waals surface area (Å²) >= 11 is 0. The SMILES string of the molecule is CC1CCC(S(=O)(=O)O)CC1O. The number of hydrogen-bond donors (Lipinski definition) is 2. The third-order valence-electron chi connectivity index (χ3n) is 2.53. The largest absolute Gasteiger partial charge is 0.393 e. The molecule has 1 aliphatic carbocycles. The molecule has 1 saturated carbocycles. The van der Waals surface area contributed by atoms with Crippen molar-refractivity contribution in [2.75, 3.05) is 0 Å². The second-order valence-electron chi connectivity index (χ2n) is 3.49. The smallest absolute Gasteiger partial charge is 0.267 e. The van der Waals surface area contributed by atoms with Gasteiger partial charge in [-0.05, 0) is 25.2 Å². The van der Waals surface area contributed by atoms with Gasteiger partial charge >= 0.3 is 0 Å². The summed E-state index contributed by atoms with van der Waals surface area (Å²) in [5.41, 5.74) is 0. The Labute approximate surface area is 72.3 Å². The van der Waals surface area contributed by atoms with E-state index in [9.17, 15) is 13.5 Å². The Balaban J connectivity index is 2.64. The van der Waals surface area contributed by atoms with E-state index in [4.69, 9.17) is 4.55 Å². The fourth-order valence-corrected chi connectivity index (χ4v) is 2.41. The van der Waals surface area contributed by atoms with Crippen LogP contribution in [0.4, 0.5) is 0 Å². The monoisotopic (exact) mass is 194 g/mol. The highest BCUT2D eigenvalue weighted by Crippen LogP contribution is 2.27. The van der Waals surface area contributed by atoms with Crippen LogP contribution in [-0.2, 0) is 10.1 Å². The van der Waals surface area contributed by atoms with Gasteiger partial charge in [-0.15, -0.1) is 0 Å². The van der Waals surface area contributed by atoms with E-state index in [-0.39, 0.29) is 12.3 Å². The quantitative estimate of drug-likeness (QED) is 0.593. The molecule has 0 aromatic heterocycles. The van der Waals surface area contributed by atoms with E-state index in [1.165, 1.54) is 0 Å². The lowest BCUT2D eigenvalue weighted by atomic mass is 9.88. The zero-order chi connectivity index (χ0) is 9.35. The molecule has 0 aliphatic heterocycles. The van der Waals surface area contributed by atoms with Crippen LogP contribution in [0.25, 0.3) is 0 Å². The molecule has 0 bridgehead atoms. The number of aliphatic hydroxyl groups is 1. The first-order valence-corrected chi connectivity index (χ1v) is 5.56. The molecule has 4 nitrogen and oxygen atoms in total. The molecule has 0 radical (unpaired) electrons. The lowest BCUT2D eigenvalue weighted by Gasteiger charge is -2.28. The molecule has 0 saturated heterocycles. The molecule has 0 aromatic carbocycles. The van der Waals surface area contributed by atoms with Crippen LogP contribution < -0.4 is 0 Å². The van der Waals surface area contributed by atoms with Crippen molar-refractivity contribution >= 4 is 10.1 Å². The Morgan fingerprint density at radius 1 is 1.33 bits per heavy atom. The number of hydrogen-bond acceptors (Lipinski definition) is 3. The minimum Gasteiger partial charge on any atom is -0.393 e. The maximum absolute atomic E-state index is 10.7. The summed E-state index contributed by atoms with van der Waals surface area (Å²) in [6.45, 7) is 1.88. The van der Waals surface area contributed by atoms with Gasteiger partial charge in [0, 0.05) is 0 Å². The van der Waals surface area contributed by atoms with E-state index in [1.54, 1.807) is 0 Å². The van der Waals surface area contributed by atoms with E-state index >= 15 is 0 Å². The van der Waals surface area contributed by atoms with Gasteiger partial charge in [-0.1, -0.05) is 6.92 Å². The summed E-state index contributed by atoms with van der Waals surface area (Å²) in [4.78, 5) is 0. The first-order valence-electron chi connectivity index (χ1n) is 4.05. The van der Waals surface area contributed by atoms with Crippen LogP contribution in [0.5, 0.6) is 0 Å². The highest BCUT2D eigenvalue weighted by molar-refractivity contribution is 7.86. The fraction of sp³-hybridized carbons (Fsp3) is 1.00. The minimum atomic E-state index is -3.94. The summed E-state index contributed by atoms with van der Waals surface area (Å²) < 4.78 is 30.1. The number of aliphatic hydroxyl groups excluding tert-OH is 1. The Bertz CT molecular complexity index is 246. The van der Waals surface area contributed by atoms with Gasteiger partial charge in [-0.2, -0.15) is 8.42 Å². The molecular formula is C7H14O4S. The Hall–Kier alpha value is -0.130. The van der Waals surface area contributed by atoms with Crippen LogP contribution in [-0.4, -0.2) is 29.4 Å². The van der Waals surface area contributed by atoms with Crippen molar-refractivity contribution in [1.29, 1.82) is 0 Å². The van der Waals surface area contributed by atoms with Gasteiger partial charge in [0.2, 0.25) is 0 Å². The predicted molar refractivity (Wildman–Crippen MR) is 44.4 cm³/mol. The van der Waals surface area contributed by atoms with Gasteiger partial charge in [0.05, 0.1) is 11.4 Å². The second-order valence-corrected chi connectivity index (χ2v) is 5.19. The summed E-state index contributed by atoms with van der Waals surface area (Å²) in [5.74, 6) is 0.142. The first-order chi connectivity index (χ1) is 5.41. The van der Waals surface area contributed by atoms with Crippen molar-refractivity contribution in [3.05, 3.63) is 0 Å². The third kappa shape index (κ3) is 2.18. The first kappa shape index (κ1) is 9.95. The minimum absolute atomic E-state index is 0.142. The van der Waals surface area contributed by atoms with Crippen LogP contribution in [0.3, 0.4) is 0 Å². The van der Waals surface area contributed by atoms with Gasteiger partial charge in [-0.3, -0.25) is 4.55 Å². The van der Waals surface area contributed by atoms with Gasteiger partial charge in [0.25, 0.3) is 10.1 Å². The molecule has 0 amide bonds. The third-order valence-corrected chi connectivity index (χ3v) is 3.80. The highest BCUT2D eigenvalue weighted by atomic mass is 32.2. The topological polar surface area (TPSA) is 74.6 Å². The lowest BCUT2D eigenvalue weighted by Crippen LogP contribution is -2.34. The molecule has 3 atom stereocenters. The summed E-state index contributed by atoms with van der Waals surface area (Å²) in [5, 5.41) is 8.58. The maximum Gasteiger partial charge on any atom is 0.267 e. The van der Waals surface area contributed by atoms with Crippen molar-refractivity contribution in [1.82, 2.24) is 0 Å². The summed E-state index contributed by atoms with van der Waals surface area (Å²) in [6, 6.07) is 0. The molecule has 12 heavy (non-hydrogen) atoms. The van der Waals surface area contributed by atoms with Gasteiger partial charge in [0.1, 0.15) is 0 Å². The average molecular weight is 194 g/mol. The van der Waals surface area contributed by atoms with Gasteiger partial charge in [0.15, 0.2) is 0 Å². The van der Waals surface area contributed by atoms with Crippen LogP contribution in [0.15, 0.2) is 0 Å². The zero-order valence-corrected chi connectivity index (χ0v) is 7.79. The molecule has 3 unspecified atom stereocenters. The van der Waals surface area contributed by atoms with E-state index in [0.717, 1.165) is 0 Å². The Kier molecular flexibility index (Phi) is 2.75. The van der Waals surface area contributed by atoms with Gasteiger partial charge in [-0.25, -0.2) is 0 Å². The number of rotatable bonds is 1. The molecule has 1 rings (SSSR count). The van der Waals surface area contributed by atoms with Crippen LogP contribution in [0.2, 0.25) is 0 Å². The molecule has 2 N–H and O–H groups in total. The van der Waals surface area contributed by atoms with E-state index < -0.39 is 21.5 Å². The fourth-order valence-electron chi connectivity index (χ4n) is 1.53. The van der Waals surface area contributed by atoms with Gasteiger partial charge < -0.3 is 5.11 Å². The maximum atomic E-state index is 10.7.